The van der Waals surface area contributed by atoms with Gasteiger partial charge in [0.2, 0.25) is 5.78 Å². The van der Waals surface area contributed by atoms with Crippen LogP contribution in [0.4, 0.5) is 0 Å². The molecule has 0 aliphatic carbocycles. The molecule has 1 aromatic carbocycles. The van der Waals surface area contributed by atoms with Crippen LogP contribution >= 0.6 is 0 Å². The molecule has 0 aromatic heterocycles. The van der Waals surface area contributed by atoms with E-state index < -0.39 is 0 Å². The lowest BCUT2D eigenvalue weighted by Crippen LogP contribution is -1.97. The van der Waals surface area contributed by atoms with Crippen molar-refractivity contribution < 1.29 is 4.79 Å². The van der Waals surface area contributed by atoms with E-state index in [1.54, 1.807) is 0 Å². The van der Waals surface area contributed by atoms with E-state index in [2.05, 4.69) is 11.8 Å². The van der Waals surface area contributed by atoms with E-state index >= 15 is 0 Å². The van der Waals surface area contributed by atoms with Crippen molar-refractivity contribution in [3.05, 3.63) is 47.5 Å². The summed E-state index contributed by atoms with van der Waals surface area (Å²) in [5, 5.41) is 0. The van der Waals surface area contributed by atoms with Crippen LogP contribution in [0.15, 0.2) is 42.0 Å². The Kier molecular flexibility index (Phi) is 4.37. The van der Waals surface area contributed by atoms with Crippen LogP contribution in [0.1, 0.15) is 25.8 Å². The highest BCUT2D eigenvalue weighted by molar-refractivity contribution is 6.08. The monoisotopic (exact) mass is 198 g/mol. The number of ketones is 1. The van der Waals surface area contributed by atoms with Gasteiger partial charge in [-0.25, -0.2) is 0 Å². The first kappa shape index (κ1) is 11.3. The van der Waals surface area contributed by atoms with Crippen LogP contribution in [-0.4, -0.2) is 5.78 Å². The first-order chi connectivity index (χ1) is 7.27. The van der Waals surface area contributed by atoms with Gasteiger partial charge >= 0.3 is 0 Å². The van der Waals surface area contributed by atoms with Gasteiger partial charge in [-0.1, -0.05) is 37.1 Å². The summed E-state index contributed by atoms with van der Waals surface area (Å²) in [7, 11) is 0. The summed E-state index contributed by atoms with van der Waals surface area (Å²) < 4.78 is 0. The smallest absolute Gasteiger partial charge is 0.231 e. The maximum atomic E-state index is 11.5. The fourth-order valence-corrected chi connectivity index (χ4v) is 1.23. The van der Waals surface area contributed by atoms with Crippen molar-refractivity contribution in [2.45, 2.75) is 20.3 Å². The highest BCUT2D eigenvalue weighted by Crippen LogP contribution is 2.01. The van der Waals surface area contributed by atoms with Crippen LogP contribution in [0, 0.1) is 11.8 Å². The Morgan fingerprint density at radius 1 is 1.33 bits per heavy atom. The zero-order valence-corrected chi connectivity index (χ0v) is 9.08. The van der Waals surface area contributed by atoms with Crippen LogP contribution in [0.3, 0.4) is 0 Å². The molecular weight excluding hydrogens is 184 g/mol. The average Bonchev–Trinajstić information content (AvgIpc) is 2.29. The average molecular weight is 198 g/mol. The third kappa shape index (κ3) is 3.44. The van der Waals surface area contributed by atoms with Gasteiger partial charge in [0.1, 0.15) is 0 Å². The summed E-state index contributed by atoms with van der Waals surface area (Å²) in [5.41, 5.74) is 1.65. The van der Waals surface area contributed by atoms with E-state index in [0.29, 0.717) is 0 Å². The van der Waals surface area contributed by atoms with Gasteiger partial charge in [0.25, 0.3) is 0 Å². The molecule has 1 rings (SSSR count). The van der Waals surface area contributed by atoms with Gasteiger partial charge < -0.3 is 0 Å². The highest BCUT2D eigenvalue weighted by Gasteiger charge is 2.00. The van der Waals surface area contributed by atoms with Gasteiger partial charge in [-0.3, -0.25) is 4.79 Å². The summed E-state index contributed by atoms with van der Waals surface area (Å²) in [4.78, 5) is 11.5. The van der Waals surface area contributed by atoms with E-state index in [1.807, 2.05) is 50.3 Å². The van der Waals surface area contributed by atoms with Crippen LogP contribution in [0.25, 0.3) is 0 Å². The van der Waals surface area contributed by atoms with Crippen molar-refractivity contribution in [3.63, 3.8) is 0 Å². The lowest BCUT2D eigenvalue weighted by atomic mass is 10.1. The quantitative estimate of drug-likeness (QED) is 0.527. The number of hydrogen-bond acceptors (Lipinski definition) is 1. The number of allylic oxidation sites excluding steroid dienone is 2. The molecule has 0 radical (unpaired) electrons. The van der Waals surface area contributed by atoms with Crippen molar-refractivity contribution >= 4 is 5.78 Å². The molecule has 0 bridgehead atoms. The van der Waals surface area contributed by atoms with Gasteiger partial charge in [-0.05, 0) is 31.4 Å². The minimum absolute atomic E-state index is 0.0798. The molecule has 0 fully saturated rings. The molecule has 0 aliphatic rings. The third-order valence-corrected chi connectivity index (χ3v) is 2.12. The summed E-state index contributed by atoms with van der Waals surface area (Å²) >= 11 is 0. The second-order valence-corrected chi connectivity index (χ2v) is 3.11. The normalized spacial score (nSPS) is 10.4. The fraction of sp³-hybridized carbons (Fsp3) is 0.214. The first-order valence-corrected chi connectivity index (χ1v) is 5.04. The molecule has 76 valence electrons. The summed E-state index contributed by atoms with van der Waals surface area (Å²) in [6.45, 7) is 3.82. The molecule has 0 N–H and O–H groups in total. The lowest BCUT2D eigenvalue weighted by Gasteiger charge is -1.93. The predicted octanol–water partition coefficient (Wildman–Crippen LogP) is 2.96. The molecule has 0 atom stereocenters. The lowest BCUT2D eigenvalue weighted by molar-refractivity contribution is -0.110. The third-order valence-electron chi connectivity index (χ3n) is 2.12. The SMILES string of the molecule is C/C=C(/CC)C(=O)C#Cc1ccccc1. The predicted molar refractivity (Wildman–Crippen MR) is 62.4 cm³/mol. The Morgan fingerprint density at radius 2 is 2.00 bits per heavy atom. The summed E-state index contributed by atoms with van der Waals surface area (Å²) in [6, 6.07) is 9.52. The number of Topliss-reactive ketones (excluding diaryl/α,β-unsaturated/α-hetero) is 1. The van der Waals surface area contributed by atoms with Gasteiger partial charge in [-0.15, -0.1) is 0 Å². The minimum atomic E-state index is -0.0798. The fourth-order valence-electron chi connectivity index (χ4n) is 1.23. The van der Waals surface area contributed by atoms with Crippen molar-refractivity contribution in [1.29, 1.82) is 0 Å². The molecule has 15 heavy (non-hydrogen) atoms. The molecule has 0 saturated heterocycles. The van der Waals surface area contributed by atoms with E-state index in [9.17, 15) is 4.79 Å². The molecule has 0 saturated carbocycles. The second-order valence-electron chi connectivity index (χ2n) is 3.11. The van der Waals surface area contributed by atoms with Crippen molar-refractivity contribution in [1.82, 2.24) is 0 Å². The van der Waals surface area contributed by atoms with Gasteiger partial charge in [-0.2, -0.15) is 0 Å². The van der Waals surface area contributed by atoms with Gasteiger partial charge in [0.05, 0.1) is 0 Å². The number of carbonyl (C=O) groups is 1. The van der Waals surface area contributed by atoms with E-state index in [4.69, 9.17) is 0 Å². The molecule has 0 spiro atoms. The largest absolute Gasteiger partial charge is 0.280 e. The molecule has 0 aliphatic heterocycles. The van der Waals surface area contributed by atoms with Crippen molar-refractivity contribution in [2.24, 2.45) is 0 Å². The highest BCUT2D eigenvalue weighted by atomic mass is 16.1. The molecule has 1 nitrogen and oxygen atoms in total. The van der Waals surface area contributed by atoms with Gasteiger partial charge in [0, 0.05) is 11.1 Å². The van der Waals surface area contributed by atoms with Crippen LogP contribution < -0.4 is 0 Å². The number of carbonyl (C=O) groups excluding carboxylic acids is 1. The Bertz CT molecular complexity index is 416. The van der Waals surface area contributed by atoms with Crippen molar-refractivity contribution in [3.8, 4) is 11.8 Å². The molecule has 0 amide bonds. The van der Waals surface area contributed by atoms with Crippen LogP contribution in [0.2, 0.25) is 0 Å². The van der Waals surface area contributed by atoms with E-state index in [0.717, 1.165) is 17.6 Å². The van der Waals surface area contributed by atoms with Crippen molar-refractivity contribution in [2.75, 3.05) is 0 Å². The second kappa shape index (κ2) is 5.82. The molecule has 0 heterocycles. The maximum absolute atomic E-state index is 11.5. The number of rotatable bonds is 2. The Morgan fingerprint density at radius 3 is 2.53 bits per heavy atom. The zero-order valence-electron chi connectivity index (χ0n) is 9.08. The molecule has 1 heteroatoms. The number of benzene rings is 1. The van der Waals surface area contributed by atoms with E-state index in [1.165, 1.54) is 0 Å². The van der Waals surface area contributed by atoms with Crippen LogP contribution in [0.5, 0.6) is 0 Å². The summed E-state index contributed by atoms with van der Waals surface area (Å²) in [6.07, 6.45) is 2.56. The zero-order chi connectivity index (χ0) is 11.1. The standard InChI is InChI=1S/C14H14O/c1-3-13(4-2)14(15)11-10-12-8-6-5-7-9-12/h3,5-9H,4H2,1-2H3/b13-3-. The Balaban J connectivity index is 2.79. The Labute approximate surface area is 90.8 Å². The molecule has 0 unspecified atom stereocenters. The molecular formula is C14H14O. The van der Waals surface area contributed by atoms with E-state index in [-0.39, 0.29) is 5.78 Å². The van der Waals surface area contributed by atoms with Crippen LogP contribution in [-0.2, 0) is 4.79 Å². The maximum Gasteiger partial charge on any atom is 0.231 e. The van der Waals surface area contributed by atoms with Gasteiger partial charge in [0.15, 0.2) is 0 Å². The summed E-state index contributed by atoms with van der Waals surface area (Å²) in [5.74, 6) is 5.42. The molecule has 1 aromatic rings. The minimum Gasteiger partial charge on any atom is -0.280 e. The first-order valence-electron chi connectivity index (χ1n) is 5.04. The number of hydrogen-bond donors (Lipinski definition) is 0. The Hall–Kier alpha value is -1.81. The topological polar surface area (TPSA) is 17.1 Å².